The summed E-state index contributed by atoms with van der Waals surface area (Å²) in [7, 11) is 0. The monoisotopic (exact) mass is 257 g/mol. The van der Waals surface area contributed by atoms with Gasteiger partial charge in [-0.25, -0.2) is 4.39 Å². The molecule has 6 heteroatoms. The van der Waals surface area contributed by atoms with Crippen molar-refractivity contribution < 1.29 is 17.6 Å². The molecule has 0 fully saturated rings. The highest BCUT2D eigenvalue weighted by Gasteiger charge is 2.27. The standard InChI is InChI=1S/C10H11F4N.ClH/c11-8-3-1-2-7(6-8)9(15)4-5-10(12,13)14;/h1-3,6,9H,4-5,15H2;1H/t9-;/m1./s1. The molecule has 1 aromatic carbocycles. The van der Waals surface area contributed by atoms with Crippen molar-refractivity contribution in [3.63, 3.8) is 0 Å². The van der Waals surface area contributed by atoms with E-state index in [1.165, 1.54) is 18.2 Å². The molecule has 0 spiro atoms. The topological polar surface area (TPSA) is 26.0 Å². The van der Waals surface area contributed by atoms with E-state index in [1.54, 1.807) is 0 Å². The first-order valence-electron chi connectivity index (χ1n) is 4.46. The normalized spacial score (nSPS) is 13.1. The van der Waals surface area contributed by atoms with E-state index in [9.17, 15) is 17.6 Å². The molecule has 0 aliphatic rings. The Labute approximate surface area is 97.0 Å². The maximum atomic E-state index is 12.7. The number of halogens is 5. The van der Waals surface area contributed by atoms with Gasteiger partial charge in [-0.1, -0.05) is 12.1 Å². The third-order valence-corrected chi connectivity index (χ3v) is 2.02. The first-order valence-corrected chi connectivity index (χ1v) is 4.46. The Bertz CT molecular complexity index is 327. The number of hydrogen-bond acceptors (Lipinski definition) is 1. The molecule has 0 bridgehead atoms. The lowest BCUT2D eigenvalue weighted by molar-refractivity contribution is -0.136. The second kappa shape index (κ2) is 6.06. The van der Waals surface area contributed by atoms with Gasteiger partial charge in [-0.05, 0) is 24.1 Å². The highest BCUT2D eigenvalue weighted by Crippen LogP contribution is 2.26. The molecule has 0 unspecified atom stereocenters. The maximum Gasteiger partial charge on any atom is 0.389 e. The lowest BCUT2D eigenvalue weighted by Gasteiger charge is -2.13. The average Bonchev–Trinajstić information content (AvgIpc) is 2.13. The van der Waals surface area contributed by atoms with Crippen LogP contribution in [0, 0.1) is 5.82 Å². The summed E-state index contributed by atoms with van der Waals surface area (Å²) in [5.41, 5.74) is 5.89. The number of alkyl halides is 3. The minimum absolute atomic E-state index is 0. The van der Waals surface area contributed by atoms with Crippen LogP contribution in [0.5, 0.6) is 0 Å². The summed E-state index contributed by atoms with van der Waals surface area (Å²) in [5, 5.41) is 0. The summed E-state index contributed by atoms with van der Waals surface area (Å²) in [6.07, 6.45) is -5.40. The van der Waals surface area contributed by atoms with Crippen LogP contribution in [0.4, 0.5) is 17.6 Å². The van der Waals surface area contributed by atoms with Crippen LogP contribution in [0.25, 0.3) is 0 Å². The first-order chi connectivity index (χ1) is 6.88. The summed E-state index contributed by atoms with van der Waals surface area (Å²) in [6.45, 7) is 0. The molecular formula is C10H12ClF4N. The second-order valence-corrected chi connectivity index (χ2v) is 3.32. The van der Waals surface area contributed by atoms with Crippen molar-refractivity contribution in [3.05, 3.63) is 35.6 Å². The van der Waals surface area contributed by atoms with Gasteiger partial charge in [-0.2, -0.15) is 13.2 Å². The minimum Gasteiger partial charge on any atom is -0.324 e. The fourth-order valence-electron chi connectivity index (χ4n) is 1.22. The third-order valence-electron chi connectivity index (χ3n) is 2.02. The first kappa shape index (κ1) is 15.2. The van der Waals surface area contributed by atoms with Crippen molar-refractivity contribution in [2.45, 2.75) is 25.1 Å². The second-order valence-electron chi connectivity index (χ2n) is 3.32. The molecule has 1 atom stereocenters. The van der Waals surface area contributed by atoms with E-state index in [1.807, 2.05) is 0 Å². The van der Waals surface area contributed by atoms with Crippen LogP contribution in [-0.2, 0) is 0 Å². The van der Waals surface area contributed by atoms with Crippen molar-refractivity contribution in [3.8, 4) is 0 Å². The smallest absolute Gasteiger partial charge is 0.324 e. The number of nitrogens with two attached hydrogens (primary N) is 1. The number of rotatable bonds is 3. The van der Waals surface area contributed by atoms with Crippen molar-refractivity contribution in [1.82, 2.24) is 0 Å². The molecule has 1 aromatic rings. The molecule has 16 heavy (non-hydrogen) atoms. The molecule has 1 rings (SSSR count). The van der Waals surface area contributed by atoms with Gasteiger partial charge in [0.2, 0.25) is 0 Å². The maximum absolute atomic E-state index is 12.7. The summed E-state index contributed by atoms with van der Waals surface area (Å²) in [5.74, 6) is -0.491. The summed E-state index contributed by atoms with van der Waals surface area (Å²) >= 11 is 0. The summed E-state index contributed by atoms with van der Waals surface area (Å²) in [6, 6.07) is 4.55. The Morgan fingerprint density at radius 2 is 1.88 bits per heavy atom. The van der Waals surface area contributed by atoms with Gasteiger partial charge in [-0.3, -0.25) is 0 Å². The molecule has 0 radical (unpaired) electrons. The molecule has 0 saturated heterocycles. The summed E-state index contributed by atoms with van der Waals surface area (Å²) in [4.78, 5) is 0. The Kier molecular flexibility index (Phi) is 5.75. The highest BCUT2D eigenvalue weighted by atomic mass is 35.5. The van der Waals surface area contributed by atoms with Gasteiger partial charge >= 0.3 is 6.18 Å². The van der Waals surface area contributed by atoms with E-state index >= 15 is 0 Å². The molecule has 0 aromatic heterocycles. The predicted molar refractivity (Wildman–Crippen MR) is 55.9 cm³/mol. The lowest BCUT2D eigenvalue weighted by atomic mass is 10.0. The van der Waals surface area contributed by atoms with Gasteiger partial charge in [0.05, 0.1) is 0 Å². The van der Waals surface area contributed by atoms with Gasteiger partial charge < -0.3 is 5.73 Å². The fourth-order valence-corrected chi connectivity index (χ4v) is 1.22. The van der Waals surface area contributed by atoms with Crippen LogP contribution in [-0.4, -0.2) is 6.18 Å². The molecule has 2 N–H and O–H groups in total. The van der Waals surface area contributed by atoms with E-state index in [0.29, 0.717) is 5.56 Å². The van der Waals surface area contributed by atoms with Crippen molar-refractivity contribution >= 4 is 12.4 Å². The Hall–Kier alpha value is -0.810. The predicted octanol–water partition coefficient (Wildman–Crippen LogP) is 3.59. The van der Waals surface area contributed by atoms with Gasteiger partial charge in [0, 0.05) is 12.5 Å². The zero-order valence-electron chi connectivity index (χ0n) is 8.30. The average molecular weight is 258 g/mol. The molecule has 0 aliphatic heterocycles. The van der Waals surface area contributed by atoms with E-state index in [2.05, 4.69) is 0 Å². The molecule has 1 nitrogen and oxygen atoms in total. The number of benzene rings is 1. The SMILES string of the molecule is Cl.N[C@H](CCC(F)(F)F)c1cccc(F)c1. The van der Waals surface area contributed by atoms with Crippen LogP contribution in [0.2, 0.25) is 0 Å². The van der Waals surface area contributed by atoms with E-state index in [4.69, 9.17) is 5.73 Å². The molecular weight excluding hydrogens is 246 g/mol. The molecule has 0 heterocycles. The van der Waals surface area contributed by atoms with E-state index < -0.39 is 24.5 Å². The lowest BCUT2D eigenvalue weighted by Crippen LogP contribution is -2.15. The van der Waals surface area contributed by atoms with Crippen molar-refractivity contribution in [2.24, 2.45) is 5.73 Å². The zero-order chi connectivity index (χ0) is 11.5. The number of hydrogen-bond donors (Lipinski definition) is 1. The van der Waals surface area contributed by atoms with Crippen molar-refractivity contribution in [1.29, 1.82) is 0 Å². The van der Waals surface area contributed by atoms with E-state index in [-0.39, 0.29) is 18.8 Å². The minimum atomic E-state index is -4.22. The highest BCUT2D eigenvalue weighted by molar-refractivity contribution is 5.85. The Morgan fingerprint density at radius 3 is 2.38 bits per heavy atom. The van der Waals surface area contributed by atoms with Gasteiger partial charge in [0.25, 0.3) is 0 Å². The third kappa shape index (κ3) is 5.32. The van der Waals surface area contributed by atoms with Crippen LogP contribution in [0.15, 0.2) is 24.3 Å². The van der Waals surface area contributed by atoms with Gasteiger partial charge in [-0.15, -0.1) is 12.4 Å². The zero-order valence-corrected chi connectivity index (χ0v) is 9.11. The van der Waals surface area contributed by atoms with Crippen LogP contribution < -0.4 is 5.73 Å². The van der Waals surface area contributed by atoms with E-state index in [0.717, 1.165) is 6.07 Å². The molecule has 0 amide bonds. The Balaban J connectivity index is 0.00000225. The Morgan fingerprint density at radius 1 is 1.25 bits per heavy atom. The molecule has 0 saturated carbocycles. The van der Waals surface area contributed by atoms with Crippen LogP contribution in [0.1, 0.15) is 24.4 Å². The van der Waals surface area contributed by atoms with Crippen LogP contribution >= 0.6 is 12.4 Å². The van der Waals surface area contributed by atoms with Crippen molar-refractivity contribution in [2.75, 3.05) is 0 Å². The summed E-state index contributed by atoms with van der Waals surface area (Å²) < 4.78 is 48.4. The molecule has 0 aliphatic carbocycles. The largest absolute Gasteiger partial charge is 0.389 e. The molecule has 92 valence electrons. The van der Waals surface area contributed by atoms with Gasteiger partial charge in [0.15, 0.2) is 0 Å². The quantitative estimate of drug-likeness (QED) is 0.823. The van der Waals surface area contributed by atoms with Gasteiger partial charge in [0.1, 0.15) is 5.82 Å². The van der Waals surface area contributed by atoms with Crippen LogP contribution in [0.3, 0.4) is 0 Å². The fraction of sp³-hybridized carbons (Fsp3) is 0.400.